The zero-order chi connectivity index (χ0) is 15.7. The molecule has 0 aromatic heterocycles. The van der Waals surface area contributed by atoms with Gasteiger partial charge >= 0.3 is 0 Å². The van der Waals surface area contributed by atoms with Crippen molar-refractivity contribution in [3.63, 3.8) is 0 Å². The molecule has 2 amide bonds. The number of amides is 2. The predicted molar refractivity (Wildman–Crippen MR) is 86.8 cm³/mol. The summed E-state index contributed by atoms with van der Waals surface area (Å²) in [5.41, 5.74) is 3.21. The van der Waals surface area contributed by atoms with Crippen LogP contribution >= 0.6 is 0 Å². The molecular formula is C18H18N2O2. The molecular weight excluding hydrogens is 276 g/mol. The average molecular weight is 294 g/mol. The highest BCUT2D eigenvalue weighted by atomic mass is 16.2. The summed E-state index contributed by atoms with van der Waals surface area (Å²) in [5, 5.41) is 5.79. The van der Waals surface area contributed by atoms with Crippen LogP contribution in [0.2, 0.25) is 0 Å². The number of rotatable bonds is 3. The zero-order valence-corrected chi connectivity index (χ0v) is 12.6. The van der Waals surface area contributed by atoms with Crippen molar-refractivity contribution in [1.82, 2.24) is 0 Å². The first-order valence-electron chi connectivity index (χ1n) is 7.37. The van der Waals surface area contributed by atoms with E-state index < -0.39 is 0 Å². The number of hydrogen-bond donors (Lipinski definition) is 2. The van der Waals surface area contributed by atoms with Crippen molar-refractivity contribution >= 4 is 23.2 Å². The fourth-order valence-corrected chi connectivity index (χ4v) is 2.64. The van der Waals surface area contributed by atoms with Crippen molar-refractivity contribution in [3.05, 3.63) is 59.7 Å². The van der Waals surface area contributed by atoms with Crippen molar-refractivity contribution in [2.45, 2.75) is 19.8 Å². The maximum absolute atomic E-state index is 12.4. The second-order valence-electron chi connectivity index (χ2n) is 5.75. The van der Waals surface area contributed by atoms with Crippen LogP contribution in [-0.2, 0) is 9.59 Å². The SMILES string of the molecule is CC(C)C(=O)Nc1cccc2c1NC(=O)C2c1ccccc1. The Morgan fingerprint density at radius 1 is 1.09 bits per heavy atom. The van der Waals surface area contributed by atoms with Gasteiger partial charge in [0.25, 0.3) is 0 Å². The van der Waals surface area contributed by atoms with E-state index in [1.54, 1.807) is 0 Å². The summed E-state index contributed by atoms with van der Waals surface area (Å²) in [4.78, 5) is 24.3. The lowest BCUT2D eigenvalue weighted by Crippen LogP contribution is -2.18. The smallest absolute Gasteiger partial charge is 0.236 e. The van der Waals surface area contributed by atoms with Crippen LogP contribution in [0.1, 0.15) is 30.9 Å². The van der Waals surface area contributed by atoms with E-state index in [0.29, 0.717) is 11.4 Å². The van der Waals surface area contributed by atoms with Crippen LogP contribution in [0, 0.1) is 5.92 Å². The topological polar surface area (TPSA) is 58.2 Å². The molecule has 2 N–H and O–H groups in total. The Bertz CT molecular complexity index is 723. The molecule has 0 aliphatic carbocycles. The highest BCUT2D eigenvalue weighted by Gasteiger charge is 2.33. The summed E-state index contributed by atoms with van der Waals surface area (Å²) < 4.78 is 0. The van der Waals surface area contributed by atoms with Gasteiger partial charge in [-0.15, -0.1) is 0 Å². The summed E-state index contributed by atoms with van der Waals surface area (Å²) in [6.07, 6.45) is 0. The highest BCUT2D eigenvalue weighted by molar-refractivity contribution is 6.10. The lowest BCUT2D eigenvalue weighted by atomic mass is 9.92. The second-order valence-corrected chi connectivity index (χ2v) is 5.75. The molecule has 1 unspecified atom stereocenters. The minimum Gasteiger partial charge on any atom is -0.324 e. The molecule has 0 saturated carbocycles. The number of anilines is 2. The Kier molecular flexibility index (Phi) is 3.67. The molecule has 112 valence electrons. The van der Waals surface area contributed by atoms with Gasteiger partial charge in [-0.05, 0) is 17.2 Å². The van der Waals surface area contributed by atoms with Gasteiger partial charge in [0.1, 0.15) is 0 Å². The Morgan fingerprint density at radius 3 is 2.50 bits per heavy atom. The van der Waals surface area contributed by atoms with E-state index in [1.807, 2.05) is 62.4 Å². The third-order valence-electron chi connectivity index (χ3n) is 3.83. The number of carbonyl (C=O) groups is 2. The number of benzene rings is 2. The van der Waals surface area contributed by atoms with Gasteiger partial charge in [0.15, 0.2) is 0 Å². The molecule has 2 aromatic rings. The van der Waals surface area contributed by atoms with Gasteiger partial charge in [-0.2, -0.15) is 0 Å². The number of para-hydroxylation sites is 1. The Hall–Kier alpha value is -2.62. The molecule has 4 heteroatoms. The summed E-state index contributed by atoms with van der Waals surface area (Å²) in [7, 11) is 0. The molecule has 0 fully saturated rings. The predicted octanol–water partition coefficient (Wildman–Crippen LogP) is 3.37. The van der Waals surface area contributed by atoms with Gasteiger partial charge in [0, 0.05) is 5.92 Å². The van der Waals surface area contributed by atoms with E-state index in [1.165, 1.54) is 0 Å². The molecule has 1 aliphatic heterocycles. The number of nitrogens with one attached hydrogen (secondary N) is 2. The van der Waals surface area contributed by atoms with Crippen molar-refractivity contribution in [2.24, 2.45) is 5.92 Å². The summed E-state index contributed by atoms with van der Waals surface area (Å²) >= 11 is 0. The zero-order valence-electron chi connectivity index (χ0n) is 12.6. The van der Waals surface area contributed by atoms with Crippen LogP contribution in [0.15, 0.2) is 48.5 Å². The van der Waals surface area contributed by atoms with Gasteiger partial charge in [-0.25, -0.2) is 0 Å². The molecule has 4 nitrogen and oxygen atoms in total. The fraction of sp³-hybridized carbons (Fsp3) is 0.222. The van der Waals surface area contributed by atoms with E-state index in [9.17, 15) is 9.59 Å². The standard InChI is InChI=1S/C18H18N2O2/c1-11(2)17(21)19-14-10-6-9-13-15(18(22)20-16(13)14)12-7-4-3-5-8-12/h3-11,15H,1-2H3,(H,19,21)(H,20,22). The largest absolute Gasteiger partial charge is 0.324 e. The molecule has 2 aromatic carbocycles. The molecule has 0 saturated heterocycles. The van der Waals surface area contributed by atoms with Crippen LogP contribution < -0.4 is 10.6 Å². The molecule has 1 aliphatic rings. The Morgan fingerprint density at radius 2 is 1.82 bits per heavy atom. The fourth-order valence-electron chi connectivity index (χ4n) is 2.64. The first-order valence-corrected chi connectivity index (χ1v) is 7.37. The van der Waals surface area contributed by atoms with E-state index in [0.717, 1.165) is 11.1 Å². The number of hydrogen-bond acceptors (Lipinski definition) is 2. The van der Waals surface area contributed by atoms with E-state index in [4.69, 9.17) is 0 Å². The maximum atomic E-state index is 12.4. The van der Waals surface area contributed by atoms with E-state index >= 15 is 0 Å². The van der Waals surface area contributed by atoms with Crippen LogP contribution in [-0.4, -0.2) is 11.8 Å². The second kappa shape index (κ2) is 5.64. The van der Waals surface area contributed by atoms with Crippen molar-refractivity contribution < 1.29 is 9.59 Å². The van der Waals surface area contributed by atoms with Gasteiger partial charge in [-0.1, -0.05) is 56.3 Å². The number of fused-ring (bicyclic) bond motifs is 1. The third kappa shape index (κ3) is 2.48. The molecule has 1 heterocycles. The van der Waals surface area contributed by atoms with Crippen molar-refractivity contribution in [1.29, 1.82) is 0 Å². The first-order chi connectivity index (χ1) is 10.6. The van der Waals surface area contributed by atoms with Crippen LogP contribution in [0.4, 0.5) is 11.4 Å². The molecule has 1 atom stereocenters. The van der Waals surface area contributed by atoms with Gasteiger partial charge in [-0.3, -0.25) is 9.59 Å². The Labute approximate surface area is 129 Å². The molecule has 0 bridgehead atoms. The summed E-state index contributed by atoms with van der Waals surface area (Å²) in [6, 6.07) is 15.3. The van der Waals surface area contributed by atoms with Gasteiger partial charge in [0.2, 0.25) is 11.8 Å². The number of carbonyl (C=O) groups excluding carboxylic acids is 2. The summed E-state index contributed by atoms with van der Waals surface area (Å²) in [6.45, 7) is 3.67. The summed E-state index contributed by atoms with van der Waals surface area (Å²) in [5.74, 6) is -0.566. The first kappa shape index (κ1) is 14.3. The maximum Gasteiger partial charge on any atom is 0.236 e. The minimum absolute atomic E-state index is 0.0626. The normalized spacial score (nSPS) is 16.3. The third-order valence-corrected chi connectivity index (χ3v) is 3.83. The minimum atomic E-state index is -0.327. The van der Waals surface area contributed by atoms with Gasteiger partial charge in [0.05, 0.1) is 17.3 Å². The van der Waals surface area contributed by atoms with Gasteiger partial charge < -0.3 is 10.6 Å². The van der Waals surface area contributed by atoms with E-state index in [2.05, 4.69) is 10.6 Å². The molecule has 0 spiro atoms. The monoisotopic (exact) mass is 294 g/mol. The lowest BCUT2D eigenvalue weighted by Gasteiger charge is -2.12. The van der Waals surface area contributed by atoms with E-state index in [-0.39, 0.29) is 23.7 Å². The molecule has 3 rings (SSSR count). The molecule has 22 heavy (non-hydrogen) atoms. The van der Waals surface area contributed by atoms with Crippen molar-refractivity contribution in [3.8, 4) is 0 Å². The van der Waals surface area contributed by atoms with Crippen LogP contribution in [0.5, 0.6) is 0 Å². The molecule has 0 radical (unpaired) electrons. The van der Waals surface area contributed by atoms with Crippen molar-refractivity contribution in [2.75, 3.05) is 10.6 Å². The Balaban J connectivity index is 2.00. The quantitative estimate of drug-likeness (QED) is 0.912. The lowest BCUT2D eigenvalue weighted by molar-refractivity contribution is -0.119. The van der Waals surface area contributed by atoms with Crippen LogP contribution in [0.25, 0.3) is 0 Å². The highest BCUT2D eigenvalue weighted by Crippen LogP contribution is 2.41. The average Bonchev–Trinajstić information content (AvgIpc) is 2.85. The van der Waals surface area contributed by atoms with Crippen LogP contribution in [0.3, 0.4) is 0 Å².